The summed E-state index contributed by atoms with van der Waals surface area (Å²) >= 11 is 0. The smallest absolute Gasteiger partial charge is 0.410 e. The Morgan fingerprint density at radius 1 is 0.980 bits per heavy atom. The van der Waals surface area contributed by atoms with E-state index in [0.29, 0.717) is 57.2 Å². The number of aliphatic hydroxyl groups excluding tert-OH is 1. The molecular formula is C39H50N6O5. The largest absolute Gasteiger partial charge is 0.496 e. The van der Waals surface area contributed by atoms with Gasteiger partial charge in [-0.15, -0.1) is 0 Å². The Hall–Kier alpha value is -3.99. The number of aromatic nitrogens is 4. The average Bonchev–Trinajstić information content (AvgIpc) is 3.59. The summed E-state index contributed by atoms with van der Waals surface area (Å²) in [7, 11) is 1.73. The highest BCUT2D eigenvalue weighted by Crippen LogP contribution is 2.58. The predicted octanol–water partition coefficient (Wildman–Crippen LogP) is 6.38. The van der Waals surface area contributed by atoms with Crippen LogP contribution >= 0.6 is 0 Å². The molecule has 2 amide bonds. The van der Waals surface area contributed by atoms with E-state index in [9.17, 15) is 14.7 Å². The van der Waals surface area contributed by atoms with Crippen LogP contribution in [0.1, 0.15) is 101 Å². The van der Waals surface area contributed by atoms with E-state index in [-0.39, 0.29) is 34.9 Å². The highest BCUT2D eigenvalue weighted by Gasteiger charge is 2.51. The minimum Gasteiger partial charge on any atom is -0.496 e. The van der Waals surface area contributed by atoms with Gasteiger partial charge >= 0.3 is 6.09 Å². The number of aliphatic hydroxyl groups is 1. The Kier molecular flexibility index (Phi) is 8.81. The van der Waals surface area contributed by atoms with Crippen LogP contribution in [0.2, 0.25) is 0 Å². The zero-order chi connectivity index (χ0) is 34.5. The lowest BCUT2D eigenvalue weighted by Gasteiger charge is -2.55. The van der Waals surface area contributed by atoms with Gasteiger partial charge in [-0.3, -0.25) is 14.4 Å². The lowest BCUT2D eigenvalue weighted by molar-refractivity contribution is -0.124. The second-order valence-corrected chi connectivity index (χ2v) is 15.9. The van der Waals surface area contributed by atoms with Gasteiger partial charge in [-0.1, -0.05) is 12.1 Å². The van der Waals surface area contributed by atoms with Crippen molar-refractivity contribution in [2.24, 2.45) is 11.3 Å². The molecule has 1 aliphatic heterocycles. The van der Waals surface area contributed by atoms with Crippen molar-refractivity contribution in [3.63, 3.8) is 0 Å². The Morgan fingerprint density at radius 3 is 2.36 bits per heavy atom. The maximum atomic E-state index is 14.6. The lowest BCUT2D eigenvalue weighted by Crippen LogP contribution is -2.54. The molecule has 2 aromatic heterocycles. The van der Waals surface area contributed by atoms with E-state index < -0.39 is 6.10 Å². The van der Waals surface area contributed by atoms with Crippen LogP contribution < -0.4 is 9.64 Å². The monoisotopic (exact) mass is 682 g/mol. The summed E-state index contributed by atoms with van der Waals surface area (Å²) in [4.78, 5) is 40.0. The highest BCUT2D eigenvalue weighted by atomic mass is 16.6. The quantitative estimate of drug-likeness (QED) is 0.276. The lowest BCUT2D eigenvalue weighted by atomic mass is 9.51. The summed E-state index contributed by atoms with van der Waals surface area (Å²) in [5, 5.41) is 14.2. The van der Waals surface area contributed by atoms with Crippen molar-refractivity contribution in [1.29, 1.82) is 0 Å². The maximum absolute atomic E-state index is 14.6. The van der Waals surface area contributed by atoms with Crippen molar-refractivity contribution >= 4 is 17.8 Å². The number of nitrogens with zero attached hydrogens (tertiary/aromatic N) is 6. The Bertz CT molecular complexity index is 1700. The van der Waals surface area contributed by atoms with Gasteiger partial charge in [0.15, 0.2) is 0 Å². The molecule has 9 rings (SSSR count). The number of amides is 2. The predicted molar refractivity (Wildman–Crippen MR) is 188 cm³/mol. The fourth-order valence-corrected chi connectivity index (χ4v) is 9.19. The SMILES string of the molecule is COc1ccc(C23CCC(CN(c4cc(-c5cnn(C6CCC6)c5)ncn4)C(=O)[C@H]4CC[C@H](OC(=O)N5CC(O)C5)CC4)(CC2)CC3)cc1C. The summed E-state index contributed by atoms with van der Waals surface area (Å²) in [5.41, 5.74) is 4.54. The third kappa shape index (κ3) is 6.26. The summed E-state index contributed by atoms with van der Waals surface area (Å²) < 4.78 is 13.4. The number of carbonyl (C=O) groups excluding carboxylic acids is 2. The second-order valence-electron chi connectivity index (χ2n) is 15.9. The standard InChI is InChI=1S/C39H50N6O5/c1-26-18-29(8-11-34(26)49-2)39-15-12-38(13-16-39,14-17-39)24-44(35-19-33(40-25-41-35)28-20-42-45(21-28)30-4-3-5-30)36(47)27-6-9-32(10-7-27)50-37(48)43-22-31(46)23-43/h8,11,18-21,25,27,30-32,46H,3-7,9-10,12-17,22-24H2,1-2H3/t27-,32-,38?,39?. The molecule has 0 spiro atoms. The van der Waals surface area contributed by atoms with Crippen LogP contribution in [0, 0.1) is 18.3 Å². The Balaban J connectivity index is 1.01. The molecule has 3 aromatic rings. The minimum atomic E-state index is -0.459. The molecule has 1 aromatic carbocycles. The van der Waals surface area contributed by atoms with E-state index in [4.69, 9.17) is 14.5 Å². The molecule has 3 heterocycles. The topological polar surface area (TPSA) is 123 Å². The van der Waals surface area contributed by atoms with Crippen LogP contribution in [0.4, 0.5) is 10.6 Å². The van der Waals surface area contributed by atoms with Crippen molar-refractivity contribution in [3.8, 4) is 17.0 Å². The summed E-state index contributed by atoms with van der Waals surface area (Å²) in [6.45, 7) is 3.42. The molecular weight excluding hydrogens is 632 g/mol. The fourth-order valence-electron chi connectivity index (χ4n) is 9.19. The molecule has 1 N–H and O–H groups in total. The van der Waals surface area contributed by atoms with Crippen LogP contribution in [0.5, 0.6) is 5.75 Å². The number of carbonyl (C=O) groups is 2. The molecule has 0 radical (unpaired) electrons. The number of likely N-dealkylation sites (tertiary alicyclic amines) is 1. The van der Waals surface area contributed by atoms with Crippen LogP contribution in [-0.2, 0) is 14.9 Å². The molecule has 6 fully saturated rings. The van der Waals surface area contributed by atoms with Gasteiger partial charge < -0.3 is 19.5 Å². The minimum absolute atomic E-state index is 0.0354. The van der Waals surface area contributed by atoms with Gasteiger partial charge in [0, 0.05) is 30.3 Å². The Morgan fingerprint density at radius 2 is 1.72 bits per heavy atom. The summed E-state index contributed by atoms with van der Waals surface area (Å²) in [6.07, 6.45) is 17.2. The van der Waals surface area contributed by atoms with E-state index in [2.05, 4.69) is 46.1 Å². The van der Waals surface area contributed by atoms with Crippen molar-refractivity contribution in [1.82, 2.24) is 24.6 Å². The second kappa shape index (κ2) is 13.3. The van der Waals surface area contributed by atoms with Crippen molar-refractivity contribution in [3.05, 3.63) is 54.1 Å². The number of anilines is 1. The van der Waals surface area contributed by atoms with Gasteiger partial charge in [-0.2, -0.15) is 5.10 Å². The van der Waals surface area contributed by atoms with Crippen molar-refractivity contribution in [2.75, 3.05) is 31.6 Å². The molecule has 11 heteroatoms. The Labute approximate surface area is 294 Å². The van der Waals surface area contributed by atoms with Crippen LogP contribution in [0.15, 0.2) is 43.0 Å². The van der Waals surface area contributed by atoms with Gasteiger partial charge in [0.1, 0.15) is 24.0 Å². The van der Waals surface area contributed by atoms with Gasteiger partial charge in [0.05, 0.1) is 44.2 Å². The van der Waals surface area contributed by atoms with Gasteiger partial charge in [0.2, 0.25) is 5.91 Å². The number of rotatable bonds is 9. The molecule has 50 heavy (non-hydrogen) atoms. The molecule has 0 atom stereocenters. The van der Waals surface area contributed by atoms with Crippen LogP contribution in [-0.4, -0.2) is 80.7 Å². The molecule has 5 aliphatic carbocycles. The van der Waals surface area contributed by atoms with Crippen molar-refractivity contribution in [2.45, 2.75) is 114 Å². The normalized spacial score (nSPS) is 28.1. The van der Waals surface area contributed by atoms with Gasteiger partial charge in [-0.25, -0.2) is 14.8 Å². The number of hydrogen-bond donors (Lipinski definition) is 1. The van der Waals surface area contributed by atoms with Crippen LogP contribution in [0.25, 0.3) is 11.3 Å². The molecule has 5 saturated carbocycles. The number of hydrogen-bond acceptors (Lipinski definition) is 8. The van der Waals surface area contributed by atoms with Gasteiger partial charge in [-0.05, 0) is 118 Å². The van der Waals surface area contributed by atoms with Crippen molar-refractivity contribution < 1.29 is 24.2 Å². The zero-order valence-electron chi connectivity index (χ0n) is 29.4. The van der Waals surface area contributed by atoms with Gasteiger partial charge in [0.25, 0.3) is 0 Å². The van der Waals surface area contributed by atoms with Crippen LogP contribution in [0.3, 0.4) is 0 Å². The highest BCUT2D eigenvalue weighted by molar-refractivity contribution is 5.94. The number of fused-ring (bicyclic) bond motifs is 3. The third-order valence-electron chi connectivity index (χ3n) is 12.9. The first kappa shape index (κ1) is 33.2. The fraction of sp³-hybridized carbons (Fsp3) is 0.615. The summed E-state index contributed by atoms with van der Waals surface area (Å²) in [6, 6.07) is 9.13. The maximum Gasteiger partial charge on any atom is 0.410 e. The average molecular weight is 683 g/mol. The molecule has 11 nitrogen and oxygen atoms in total. The first-order valence-corrected chi connectivity index (χ1v) is 18.7. The number of benzene rings is 1. The number of ether oxygens (including phenoxy) is 2. The number of aryl methyl sites for hydroxylation is 1. The molecule has 1 saturated heterocycles. The number of β-amino-alcohol motifs (C(OH)–C–C–N with tert-alkyl or cyclic N) is 1. The van der Waals surface area contributed by atoms with E-state index in [1.165, 1.54) is 22.4 Å². The van der Waals surface area contributed by atoms with E-state index in [0.717, 1.165) is 68.4 Å². The molecule has 6 aliphatic rings. The molecule has 2 bridgehead atoms. The molecule has 0 unspecified atom stereocenters. The number of methoxy groups -OCH3 is 1. The van der Waals surface area contributed by atoms with E-state index >= 15 is 0 Å². The molecule has 266 valence electrons. The third-order valence-corrected chi connectivity index (χ3v) is 12.9. The summed E-state index contributed by atoms with van der Waals surface area (Å²) in [5.74, 6) is 1.53. The van der Waals surface area contributed by atoms with E-state index in [1.54, 1.807) is 13.4 Å². The first-order chi connectivity index (χ1) is 24.2. The first-order valence-electron chi connectivity index (χ1n) is 18.7. The van der Waals surface area contributed by atoms with E-state index in [1.807, 2.05) is 17.2 Å². The zero-order valence-corrected chi connectivity index (χ0v) is 29.4.